The van der Waals surface area contributed by atoms with Crippen molar-refractivity contribution in [3.63, 3.8) is 0 Å². The van der Waals surface area contributed by atoms with Crippen LogP contribution in [-0.2, 0) is 53.2 Å². The van der Waals surface area contributed by atoms with Gasteiger partial charge < -0.3 is 32.7 Å². The van der Waals surface area contributed by atoms with E-state index in [0.29, 0.717) is 17.7 Å². The number of nitrogens with one attached hydrogen (secondary N) is 1. The van der Waals surface area contributed by atoms with Gasteiger partial charge in [0.15, 0.2) is 11.1 Å². The van der Waals surface area contributed by atoms with Crippen LogP contribution in [0.2, 0.25) is 5.02 Å². The highest BCUT2D eigenvalue weighted by molar-refractivity contribution is 7.72. The first-order valence-electron chi connectivity index (χ1n) is 19.9. The van der Waals surface area contributed by atoms with Gasteiger partial charge in [0.2, 0.25) is 0 Å². The van der Waals surface area contributed by atoms with E-state index < -0.39 is 65.8 Å². The maximum Gasteiger partial charge on any atom is 0.435 e. The lowest BCUT2D eigenvalue weighted by Gasteiger charge is -2.44. The van der Waals surface area contributed by atoms with E-state index in [0.717, 1.165) is 22.9 Å². The average Bonchev–Trinajstić information content (AvgIpc) is 3.59. The summed E-state index contributed by atoms with van der Waals surface area (Å²) in [4.78, 5) is 7.50. The predicted molar refractivity (Wildman–Crippen MR) is 231 cm³/mol. The average molecular weight is 972 g/mol. The van der Waals surface area contributed by atoms with E-state index in [-0.39, 0.29) is 67.8 Å². The lowest BCUT2D eigenvalue weighted by Crippen LogP contribution is -2.38. The van der Waals surface area contributed by atoms with Crippen LogP contribution in [0.5, 0.6) is 17.2 Å². The fourth-order valence-corrected chi connectivity index (χ4v) is 14.0. The zero-order valence-corrected chi connectivity index (χ0v) is 39.4. The Morgan fingerprint density at radius 2 is 1.30 bits per heavy atom. The summed E-state index contributed by atoms with van der Waals surface area (Å²) in [6.45, 7) is 14.3. The molecule has 0 atom stereocenters. The summed E-state index contributed by atoms with van der Waals surface area (Å²) in [5, 5.41) is 13.2. The van der Waals surface area contributed by atoms with Gasteiger partial charge in [0.1, 0.15) is 23.9 Å². The number of ether oxygens (including phenoxy) is 2. The third-order valence-corrected chi connectivity index (χ3v) is 16.7. The molecule has 1 aromatic heterocycles. The number of aromatic hydroxyl groups is 1. The second kappa shape index (κ2) is 22.0. The molecule has 1 heterocycles. The van der Waals surface area contributed by atoms with Crippen LogP contribution in [0, 0.1) is 21.3 Å². The lowest BCUT2D eigenvalue weighted by atomic mass is 9.76. The van der Waals surface area contributed by atoms with Crippen LogP contribution in [0.3, 0.4) is 0 Å². The first-order valence-corrected chi connectivity index (χ1v) is 23.5. The zero-order valence-electron chi connectivity index (χ0n) is 36.9. The van der Waals surface area contributed by atoms with Crippen molar-refractivity contribution < 1.29 is 68.1 Å². The molecule has 0 radical (unpaired) electrons. The highest BCUT2D eigenvalue weighted by Crippen LogP contribution is 2.76. The molecule has 356 valence electrons. The minimum atomic E-state index is -4.86. The number of nitroso groups, excluding NO2 is 1. The van der Waals surface area contributed by atoms with Crippen molar-refractivity contribution in [2.75, 3.05) is 33.0 Å². The first-order chi connectivity index (χ1) is 29.8. The second-order valence-corrected chi connectivity index (χ2v) is 20.8. The van der Waals surface area contributed by atoms with E-state index in [1.165, 1.54) is 25.2 Å². The van der Waals surface area contributed by atoms with Crippen molar-refractivity contribution in [1.29, 1.82) is 5.59 Å². The topological polar surface area (TPSA) is 168 Å². The third kappa shape index (κ3) is 13.3. The van der Waals surface area contributed by atoms with E-state index in [1.807, 2.05) is 27.7 Å². The van der Waals surface area contributed by atoms with Crippen molar-refractivity contribution in [2.24, 2.45) is 17.9 Å². The van der Waals surface area contributed by atoms with E-state index >= 15 is 0 Å². The van der Waals surface area contributed by atoms with Crippen molar-refractivity contribution >= 4 is 26.8 Å². The molecule has 0 saturated heterocycles. The Morgan fingerprint density at radius 3 is 1.77 bits per heavy atom. The Balaban J connectivity index is 0.00000537. The van der Waals surface area contributed by atoms with Crippen LogP contribution in [0.4, 0.5) is 26.3 Å². The molecule has 2 N–H and O–H groups in total. The number of halogens is 7. The summed E-state index contributed by atoms with van der Waals surface area (Å²) < 4.78 is 147. The van der Waals surface area contributed by atoms with Crippen molar-refractivity contribution in [1.82, 2.24) is 9.78 Å². The number of alkyl halides is 6. The molecular formula is C42H54ClF6N3O10P2. The SMILES string of the molecule is CCOP(=O)(OCC)C(C(C)(C)CC(C)(C)COc1ccc(COc2ccc(-c3cc(C(F)(F)F)nn3C)c(O)c2-c2ccc(Cl)c(C(F)(F)F)c2)cc1)P(=O)(OCC)OCC.N=O. The van der Waals surface area contributed by atoms with Gasteiger partial charge in [-0.05, 0) is 98.5 Å². The molecule has 0 aliphatic heterocycles. The molecule has 3 aromatic carbocycles. The Bertz CT molecular complexity index is 2220. The Morgan fingerprint density at radius 1 is 0.766 bits per heavy atom. The molecule has 0 amide bonds. The maximum atomic E-state index is 14.4. The number of benzene rings is 3. The first kappa shape index (κ1) is 54.4. The molecule has 0 aliphatic carbocycles. The van der Waals surface area contributed by atoms with Gasteiger partial charge in [-0.25, -0.2) is 0 Å². The summed E-state index contributed by atoms with van der Waals surface area (Å²) in [7, 11) is -6.88. The quantitative estimate of drug-likeness (QED) is 0.0463. The van der Waals surface area contributed by atoms with Crippen LogP contribution in [-0.4, -0.2) is 53.3 Å². The molecule has 4 rings (SSSR count). The number of rotatable bonds is 21. The smallest absolute Gasteiger partial charge is 0.435 e. The predicted octanol–water partition coefficient (Wildman–Crippen LogP) is 13.7. The lowest BCUT2D eigenvalue weighted by molar-refractivity contribution is -0.141. The second-order valence-electron chi connectivity index (χ2n) is 15.7. The van der Waals surface area contributed by atoms with Gasteiger partial charge in [0.25, 0.3) is 0 Å². The van der Waals surface area contributed by atoms with Gasteiger partial charge in [-0.2, -0.15) is 36.3 Å². The maximum absolute atomic E-state index is 14.4. The molecule has 0 fully saturated rings. The number of phenols is 1. The van der Waals surface area contributed by atoms with Gasteiger partial charge >= 0.3 is 27.5 Å². The monoisotopic (exact) mass is 971 g/mol. The number of phenolic OH excluding ortho intramolecular Hbond substituents is 1. The number of aromatic nitrogens is 2. The Hall–Kier alpha value is -3.96. The third-order valence-electron chi connectivity index (χ3n) is 9.56. The van der Waals surface area contributed by atoms with E-state index in [1.54, 1.807) is 52.0 Å². The standard InChI is InChI=1S/C42H53ClF6N2O9P2.HNO/c1-10-57-61(53,58-11-2)38(62(54,59-12-3)60-13-4)40(7,8)25-39(5,6)26-56-29-17-14-27(15-18-29)24-55-34-21-19-30(33-23-35(42(47,48)49)50-51(33)9)37(52)36(34)28-16-20-32(43)31(22-28)41(44,45)46;1-2/h14-23,38,52H,10-13,24-26H2,1-9H3;1H. The van der Waals surface area contributed by atoms with Crippen molar-refractivity contribution in [2.45, 2.75) is 86.2 Å². The normalized spacial score (nSPS) is 12.9. The Kier molecular flexibility index (Phi) is 18.7. The molecule has 0 aliphatic rings. The summed E-state index contributed by atoms with van der Waals surface area (Å²) >= 11 is 5.88. The summed E-state index contributed by atoms with van der Waals surface area (Å²) in [5.74, 6) is -0.246. The van der Waals surface area contributed by atoms with Crippen LogP contribution in [0.15, 0.2) is 60.7 Å². The van der Waals surface area contributed by atoms with Crippen molar-refractivity contribution in [3.05, 3.63) is 87.4 Å². The van der Waals surface area contributed by atoms with Crippen LogP contribution >= 0.6 is 26.8 Å². The Labute approximate surface area is 373 Å². The fourth-order valence-electron chi connectivity index (χ4n) is 7.54. The van der Waals surface area contributed by atoms with Gasteiger partial charge in [-0.15, -0.1) is 0 Å². The molecular weight excluding hydrogens is 918 g/mol. The number of hydrogen-bond donors (Lipinski definition) is 2. The number of nitrogens with zero attached hydrogens (tertiary/aromatic N) is 2. The minimum absolute atomic E-state index is 0.0395. The molecule has 13 nitrogen and oxygen atoms in total. The molecule has 0 spiro atoms. The van der Waals surface area contributed by atoms with Crippen LogP contribution in [0.1, 0.15) is 78.6 Å². The molecule has 0 saturated carbocycles. The van der Waals surface area contributed by atoms with E-state index in [4.69, 9.17) is 44.1 Å². The molecule has 64 heavy (non-hydrogen) atoms. The highest BCUT2D eigenvalue weighted by Gasteiger charge is 2.59. The summed E-state index contributed by atoms with van der Waals surface area (Å²) in [5.41, 5.74) is 0.393. The zero-order chi connectivity index (χ0) is 48.5. The van der Waals surface area contributed by atoms with Crippen LogP contribution < -0.4 is 9.47 Å². The van der Waals surface area contributed by atoms with E-state index in [2.05, 4.69) is 10.7 Å². The largest absolute Gasteiger partial charge is 0.506 e. The van der Waals surface area contributed by atoms with Gasteiger partial charge in [-0.1, -0.05) is 63.1 Å². The fraction of sp³-hybridized carbons (Fsp3) is 0.500. The van der Waals surface area contributed by atoms with Gasteiger partial charge in [-0.3, -0.25) is 13.8 Å². The van der Waals surface area contributed by atoms with Crippen LogP contribution in [0.25, 0.3) is 22.4 Å². The summed E-state index contributed by atoms with van der Waals surface area (Å²) in [6.07, 6.45) is -9.34. The molecule has 0 bridgehead atoms. The summed E-state index contributed by atoms with van der Waals surface area (Å²) in [6, 6.07) is 13.0. The minimum Gasteiger partial charge on any atom is -0.506 e. The molecule has 22 heteroatoms. The van der Waals surface area contributed by atoms with E-state index in [9.17, 15) is 40.6 Å². The van der Waals surface area contributed by atoms with Crippen molar-refractivity contribution in [3.8, 4) is 39.6 Å². The highest BCUT2D eigenvalue weighted by atomic mass is 35.5. The van der Waals surface area contributed by atoms with Gasteiger partial charge in [0.05, 0.1) is 54.9 Å². The van der Waals surface area contributed by atoms with Gasteiger partial charge in [0, 0.05) is 12.6 Å². The number of aryl methyl sites for hydroxylation is 1. The molecule has 4 aromatic rings. The number of hydrogen-bond acceptors (Lipinski definition) is 12. The molecule has 0 unspecified atom stereocenters.